The molecule has 9 heteroatoms. The van der Waals surface area contributed by atoms with Gasteiger partial charge in [0.05, 0.1) is 12.1 Å². The molecule has 2 fully saturated rings. The molecule has 1 heterocycles. The van der Waals surface area contributed by atoms with Crippen LogP contribution < -0.4 is 5.32 Å². The van der Waals surface area contributed by atoms with E-state index < -0.39 is 24.2 Å². The third-order valence-corrected chi connectivity index (χ3v) is 10.0. The van der Waals surface area contributed by atoms with E-state index >= 15 is 0 Å². The van der Waals surface area contributed by atoms with Crippen molar-refractivity contribution in [1.82, 2.24) is 20.1 Å². The van der Waals surface area contributed by atoms with Crippen LogP contribution in [0.3, 0.4) is 0 Å². The first-order valence-corrected chi connectivity index (χ1v) is 18.2. The van der Waals surface area contributed by atoms with Crippen LogP contribution in [0.15, 0.2) is 54.7 Å². The number of likely N-dealkylation sites (N-methyl/N-ethyl adjacent to an activating group) is 1. The minimum absolute atomic E-state index is 0.0130. The lowest BCUT2D eigenvalue weighted by molar-refractivity contribution is -0.142. The first kappa shape index (κ1) is 37.5. The van der Waals surface area contributed by atoms with Gasteiger partial charge in [0.2, 0.25) is 17.7 Å². The van der Waals surface area contributed by atoms with Crippen LogP contribution in [-0.2, 0) is 27.3 Å². The second kappa shape index (κ2) is 19.0. The highest BCUT2D eigenvalue weighted by atomic mass is 16.3. The molecule has 48 heavy (non-hydrogen) atoms. The molecular weight excluding hydrogens is 604 g/mol. The van der Waals surface area contributed by atoms with Gasteiger partial charge in [0.25, 0.3) is 0 Å². The largest absolute Gasteiger partial charge is 0.390 e. The van der Waals surface area contributed by atoms with Crippen molar-refractivity contribution in [3.05, 3.63) is 66.0 Å². The molecule has 1 aromatic heterocycles. The van der Waals surface area contributed by atoms with Gasteiger partial charge in [-0.25, -0.2) is 0 Å². The summed E-state index contributed by atoms with van der Waals surface area (Å²) in [6.07, 6.45) is 9.64. The number of carbonyl (C=O) groups is 3. The first-order valence-electron chi connectivity index (χ1n) is 18.2. The Balaban J connectivity index is 1.46. The molecule has 3 N–H and O–H groups in total. The lowest BCUT2D eigenvalue weighted by Crippen LogP contribution is -2.52. The zero-order valence-electron chi connectivity index (χ0n) is 29.3. The Morgan fingerprint density at radius 2 is 1.58 bits per heavy atom. The third-order valence-electron chi connectivity index (χ3n) is 10.0. The number of nitrogens with zero attached hydrogens (tertiary/aromatic N) is 3. The molecule has 2 aliphatic rings. The molecule has 2 aliphatic carbocycles. The summed E-state index contributed by atoms with van der Waals surface area (Å²) >= 11 is 0. The van der Waals surface area contributed by atoms with E-state index in [-0.39, 0.29) is 43.1 Å². The van der Waals surface area contributed by atoms with Gasteiger partial charge in [-0.2, -0.15) is 0 Å². The smallest absolute Gasteiger partial charge is 0.241 e. The van der Waals surface area contributed by atoms with E-state index in [9.17, 15) is 24.6 Å². The van der Waals surface area contributed by atoms with Crippen LogP contribution in [0.4, 0.5) is 0 Å². The van der Waals surface area contributed by atoms with Gasteiger partial charge in [-0.05, 0) is 54.7 Å². The number of aromatic nitrogens is 1. The number of pyridine rings is 1. The molecule has 264 valence electrons. The maximum Gasteiger partial charge on any atom is 0.241 e. The Morgan fingerprint density at radius 3 is 2.23 bits per heavy atom. The molecule has 9 nitrogen and oxygen atoms in total. The van der Waals surface area contributed by atoms with E-state index in [4.69, 9.17) is 0 Å². The molecule has 4 rings (SSSR count). The van der Waals surface area contributed by atoms with Crippen molar-refractivity contribution in [2.45, 2.75) is 116 Å². The van der Waals surface area contributed by atoms with E-state index in [1.54, 1.807) is 23.0 Å². The van der Waals surface area contributed by atoms with Crippen molar-refractivity contribution in [3.8, 4) is 0 Å². The highest BCUT2D eigenvalue weighted by Crippen LogP contribution is 2.37. The van der Waals surface area contributed by atoms with Gasteiger partial charge < -0.3 is 25.3 Å². The van der Waals surface area contributed by atoms with Crippen molar-refractivity contribution in [3.63, 3.8) is 0 Å². The summed E-state index contributed by atoms with van der Waals surface area (Å²) in [5.74, 6) is -0.259. The number of rotatable bonds is 19. The summed E-state index contributed by atoms with van der Waals surface area (Å²) in [6.45, 7) is 4.66. The maximum atomic E-state index is 14.0. The van der Waals surface area contributed by atoms with Crippen molar-refractivity contribution in [2.75, 3.05) is 20.1 Å². The Hall–Kier alpha value is -3.30. The molecule has 0 radical (unpaired) electrons. The second-order valence-electron chi connectivity index (χ2n) is 14.7. The normalized spacial score (nSPS) is 17.7. The van der Waals surface area contributed by atoms with Crippen molar-refractivity contribution >= 4 is 17.7 Å². The van der Waals surface area contributed by atoms with Crippen molar-refractivity contribution in [1.29, 1.82) is 0 Å². The summed E-state index contributed by atoms with van der Waals surface area (Å²) < 4.78 is 0. The number of carbonyl (C=O) groups excluding carboxylic acids is 3. The van der Waals surface area contributed by atoms with Crippen LogP contribution in [0.2, 0.25) is 0 Å². The fraction of sp³-hybridized carbons (Fsp3) is 0.641. The van der Waals surface area contributed by atoms with E-state index in [1.165, 1.54) is 6.42 Å². The topological polar surface area (TPSA) is 123 Å². The van der Waals surface area contributed by atoms with Crippen LogP contribution in [0.25, 0.3) is 0 Å². The van der Waals surface area contributed by atoms with Gasteiger partial charge in [0, 0.05) is 50.8 Å². The Kier molecular flexibility index (Phi) is 14.9. The van der Waals surface area contributed by atoms with Crippen LogP contribution in [0, 0.1) is 23.7 Å². The first-order chi connectivity index (χ1) is 23.1. The van der Waals surface area contributed by atoms with Crippen LogP contribution in [-0.4, -0.2) is 81.1 Å². The zero-order valence-corrected chi connectivity index (χ0v) is 29.3. The van der Waals surface area contributed by atoms with Gasteiger partial charge in [-0.1, -0.05) is 95.2 Å². The van der Waals surface area contributed by atoms with Crippen molar-refractivity contribution < 1.29 is 24.6 Å². The molecule has 0 aliphatic heterocycles. The number of hydrogen-bond donors (Lipinski definition) is 3. The maximum absolute atomic E-state index is 14.0. The minimum atomic E-state index is -1.08. The number of benzene rings is 1. The second-order valence-corrected chi connectivity index (χ2v) is 14.7. The van der Waals surface area contributed by atoms with Gasteiger partial charge in [0.1, 0.15) is 12.6 Å². The summed E-state index contributed by atoms with van der Waals surface area (Å²) in [5.41, 5.74) is 1.81. The zero-order chi connectivity index (χ0) is 34.5. The molecule has 0 saturated heterocycles. The van der Waals surface area contributed by atoms with Crippen molar-refractivity contribution in [2.24, 2.45) is 23.7 Å². The summed E-state index contributed by atoms with van der Waals surface area (Å²) in [7, 11) is 1.74. The SMILES string of the molecule is CC(C)C[C@H](O)[C@H](O)[C@H](CC1CCCCC1)NC(=O)[C@H](CC(=O)N(CC(=O)N(C)CCc1ccccn1)Cc1ccccc1)CC1CC1. The lowest BCUT2D eigenvalue weighted by atomic mass is 9.82. The Labute approximate surface area is 287 Å². The molecule has 4 atom stereocenters. The molecule has 2 aromatic rings. The number of hydrogen-bond acceptors (Lipinski definition) is 6. The molecule has 1 aromatic carbocycles. The minimum Gasteiger partial charge on any atom is -0.390 e. The Morgan fingerprint density at radius 1 is 0.896 bits per heavy atom. The number of aliphatic hydroxyl groups is 2. The van der Waals surface area contributed by atoms with Gasteiger partial charge >= 0.3 is 0 Å². The highest BCUT2D eigenvalue weighted by molar-refractivity contribution is 5.88. The standard InChI is InChI=1S/C39H58N4O5/c1-28(2)22-35(44)38(47)34(24-29-12-6-4-7-13-29)41-39(48)32(23-30-17-18-30)25-36(45)43(26-31-14-8-5-9-15-31)27-37(46)42(3)21-19-33-16-10-11-20-40-33/h5,8-11,14-16,20,28-30,32,34-35,38,44,47H,4,6-7,12-13,17-19,21-27H2,1-3H3,(H,41,48)/t32-,34-,35-,38+/m0/s1. The molecule has 0 bridgehead atoms. The number of amides is 3. The predicted molar refractivity (Wildman–Crippen MR) is 187 cm³/mol. The fourth-order valence-corrected chi connectivity index (χ4v) is 6.91. The summed E-state index contributed by atoms with van der Waals surface area (Å²) in [5, 5.41) is 25.3. The monoisotopic (exact) mass is 662 g/mol. The van der Waals surface area contributed by atoms with Crippen LogP contribution >= 0.6 is 0 Å². The average molecular weight is 663 g/mol. The molecule has 0 unspecified atom stereocenters. The molecule has 0 spiro atoms. The van der Waals surface area contributed by atoms with Crippen LogP contribution in [0.5, 0.6) is 0 Å². The van der Waals surface area contributed by atoms with Gasteiger partial charge in [-0.3, -0.25) is 19.4 Å². The van der Waals surface area contributed by atoms with Gasteiger partial charge in [-0.15, -0.1) is 0 Å². The Bertz CT molecular complexity index is 1270. The third kappa shape index (κ3) is 12.6. The average Bonchev–Trinajstić information content (AvgIpc) is 3.91. The molecule has 3 amide bonds. The summed E-state index contributed by atoms with van der Waals surface area (Å²) in [6, 6.07) is 14.7. The van der Waals surface area contributed by atoms with Crippen LogP contribution in [0.1, 0.15) is 95.7 Å². The number of aliphatic hydroxyl groups excluding tert-OH is 2. The molecule has 2 saturated carbocycles. The van der Waals surface area contributed by atoms with E-state index in [0.717, 1.165) is 49.8 Å². The summed E-state index contributed by atoms with van der Waals surface area (Å²) in [4.78, 5) is 49.0. The highest BCUT2D eigenvalue weighted by Gasteiger charge is 2.36. The fourth-order valence-electron chi connectivity index (χ4n) is 6.91. The molecular formula is C39H58N4O5. The predicted octanol–water partition coefficient (Wildman–Crippen LogP) is 5.14. The van der Waals surface area contributed by atoms with E-state index in [2.05, 4.69) is 10.3 Å². The van der Waals surface area contributed by atoms with Gasteiger partial charge in [0.15, 0.2) is 0 Å². The quantitative estimate of drug-likeness (QED) is 0.192. The van der Waals surface area contributed by atoms with E-state index in [0.29, 0.717) is 44.1 Å². The van der Waals surface area contributed by atoms with E-state index in [1.807, 2.05) is 62.4 Å². The number of nitrogens with one attached hydrogen (secondary N) is 1. The lowest BCUT2D eigenvalue weighted by Gasteiger charge is -2.34.